The zero-order valence-corrected chi connectivity index (χ0v) is 10.4. The van der Waals surface area contributed by atoms with Gasteiger partial charge in [-0.15, -0.1) is 0 Å². The van der Waals surface area contributed by atoms with Crippen molar-refractivity contribution in [2.75, 3.05) is 0 Å². The van der Waals surface area contributed by atoms with Crippen molar-refractivity contribution in [2.24, 2.45) is 5.14 Å². The third kappa shape index (κ3) is 2.54. The molecule has 0 aliphatic carbocycles. The van der Waals surface area contributed by atoms with Gasteiger partial charge in [-0.3, -0.25) is 4.79 Å². The molecule has 2 rings (SSSR count). The molecule has 0 fully saturated rings. The van der Waals surface area contributed by atoms with Gasteiger partial charge in [0.05, 0.1) is 10.5 Å². The number of nitrogens with two attached hydrogens (primary N) is 1. The van der Waals surface area contributed by atoms with Crippen LogP contribution in [0, 0.1) is 5.82 Å². The first-order valence-electron chi connectivity index (χ1n) is 5.24. The Kier molecular flexibility index (Phi) is 3.46. The molecule has 6 heteroatoms. The first kappa shape index (κ1) is 13.4. The van der Waals surface area contributed by atoms with Crippen molar-refractivity contribution in [1.29, 1.82) is 0 Å². The van der Waals surface area contributed by atoms with Gasteiger partial charge in [-0.2, -0.15) is 0 Å². The summed E-state index contributed by atoms with van der Waals surface area (Å²) in [5.41, 5.74) is -0.160. The molecule has 2 aromatic rings. The number of hydrogen-bond donors (Lipinski definition) is 1. The van der Waals surface area contributed by atoms with Gasteiger partial charge in [0.2, 0.25) is 16.3 Å². The quantitative estimate of drug-likeness (QED) is 0.926. The van der Waals surface area contributed by atoms with Crippen molar-refractivity contribution in [2.45, 2.75) is 4.90 Å². The molecule has 97 valence electrons. The van der Waals surface area contributed by atoms with E-state index in [4.69, 9.17) is 5.14 Å². The first-order chi connectivity index (χ1) is 8.95. The van der Waals surface area contributed by atoms with Crippen LogP contribution in [0.25, 0.3) is 11.1 Å². The summed E-state index contributed by atoms with van der Waals surface area (Å²) in [5.74, 6) is -0.825. The minimum Gasteiger partial charge on any atom is -0.285 e. The smallest absolute Gasteiger partial charge is 0.238 e. The van der Waals surface area contributed by atoms with Gasteiger partial charge in [0.1, 0.15) is 5.82 Å². The van der Waals surface area contributed by atoms with E-state index >= 15 is 0 Å². The maximum absolute atomic E-state index is 14.0. The highest BCUT2D eigenvalue weighted by Gasteiger charge is 2.18. The molecule has 0 bridgehead atoms. The lowest BCUT2D eigenvalue weighted by Crippen LogP contribution is -2.13. The molecule has 0 heterocycles. The highest BCUT2D eigenvalue weighted by molar-refractivity contribution is 7.89. The molecule has 0 aromatic heterocycles. The van der Waals surface area contributed by atoms with Crippen LogP contribution < -0.4 is 5.14 Å². The Morgan fingerprint density at radius 1 is 1.00 bits per heavy atom. The summed E-state index contributed by atoms with van der Waals surface area (Å²) in [5, 5.41) is 5.09. The molecule has 0 atom stereocenters. The maximum Gasteiger partial charge on any atom is 0.238 e. The van der Waals surface area contributed by atoms with E-state index in [0.717, 1.165) is 0 Å². The number of primary sulfonamides is 1. The van der Waals surface area contributed by atoms with Gasteiger partial charge in [0.15, 0.2) is 0 Å². The summed E-state index contributed by atoms with van der Waals surface area (Å²) >= 11 is 0. The maximum atomic E-state index is 14.0. The number of benzene rings is 2. The third-order valence-electron chi connectivity index (χ3n) is 2.59. The van der Waals surface area contributed by atoms with Crippen LogP contribution in [-0.4, -0.2) is 14.7 Å². The van der Waals surface area contributed by atoms with E-state index < -0.39 is 15.8 Å². The molecule has 0 unspecified atom stereocenters. The predicted octanol–water partition coefficient (Wildman–Crippen LogP) is 1.60. The van der Waals surface area contributed by atoms with Gasteiger partial charge < -0.3 is 0 Å². The summed E-state index contributed by atoms with van der Waals surface area (Å²) in [6, 6.07) is 9.82. The minimum absolute atomic E-state index is 0.00882. The molecule has 4 nitrogen and oxygen atoms in total. The van der Waals surface area contributed by atoms with E-state index in [2.05, 4.69) is 0 Å². The van der Waals surface area contributed by atoms with Gasteiger partial charge in [0, 0.05) is 11.1 Å². The second-order valence-electron chi connectivity index (χ2n) is 3.81. The SMILES string of the molecule is NS(=O)(=O)c1ccccc1-c1cccc([C]=O)c1F. The Bertz CT molecular complexity index is 741. The molecular weight excluding hydrogens is 269 g/mol. The Morgan fingerprint density at radius 3 is 2.26 bits per heavy atom. The Hall–Kier alpha value is -2.05. The zero-order valence-electron chi connectivity index (χ0n) is 9.63. The lowest BCUT2D eigenvalue weighted by Gasteiger charge is -2.09. The van der Waals surface area contributed by atoms with Gasteiger partial charge in [-0.25, -0.2) is 17.9 Å². The van der Waals surface area contributed by atoms with Crippen LogP contribution >= 0.6 is 0 Å². The summed E-state index contributed by atoms with van der Waals surface area (Å²) in [6.45, 7) is 0. The number of hydrogen-bond acceptors (Lipinski definition) is 3. The molecule has 0 spiro atoms. The fourth-order valence-electron chi connectivity index (χ4n) is 1.76. The summed E-state index contributed by atoms with van der Waals surface area (Å²) in [6.07, 6.45) is 1.46. The fraction of sp³-hybridized carbons (Fsp3) is 0. The average Bonchev–Trinajstić information content (AvgIpc) is 2.38. The lowest BCUT2D eigenvalue weighted by molar-refractivity contribution is 0.557. The van der Waals surface area contributed by atoms with Crippen LogP contribution in [0.2, 0.25) is 0 Å². The van der Waals surface area contributed by atoms with Crippen LogP contribution in [0.4, 0.5) is 4.39 Å². The molecule has 0 saturated heterocycles. The predicted molar refractivity (Wildman–Crippen MR) is 68.0 cm³/mol. The molecule has 0 aliphatic rings. The number of sulfonamides is 1. The Morgan fingerprint density at radius 2 is 1.63 bits per heavy atom. The zero-order chi connectivity index (χ0) is 14.0. The topological polar surface area (TPSA) is 77.2 Å². The highest BCUT2D eigenvalue weighted by atomic mass is 32.2. The van der Waals surface area contributed by atoms with Crippen LogP contribution in [0.1, 0.15) is 5.56 Å². The minimum atomic E-state index is -3.98. The molecular formula is C13H9FNO3S. The molecule has 0 aliphatic heterocycles. The molecule has 2 N–H and O–H groups in total. The standard InChI is InChI=1S/C13H9FNO3S/c14-13-9(8-16)4-3-6-11(13)10-5-1-2-7-12(10)19(15,17)18/h1-7H,(H2,15,17,18). The largest absolute Gasteiger partial charge is 0.285 e. The lowest BCUT2D eigenvalue weighted by atomic mass is 10.0. The van der Waals surface area contributed by atoms with Crippen molar-refractivity contribution in [3.63, 3.8) is 0 Å². The van der Waals surface area contributed by atoms with Crippen molar-refractivity contribution in [1.82, 2.24) is 0 Å². The van der Waals surface area contributed by atoms with Gasteiger partial charge in [0.25, 0.3) is 0 Å². The summed E-state index contributed by atoms with van der Waals surface area (Å²) in [4.78, 5) is 10.4. The van der Waals surface area contributed by atoms with Crippen molar-refractivity contribution >= 4 is 16.3 Å². The van der Waals surface area contributed by atoms with E-state index in [1.807, 2.05) is 0 Å². The van der Waals surface area contributed by atoms with Crippen LogP contribution in [0.15, 0.2) is 47.4 Å². The number of carbonyl (C=O) groups excluding carboxylic acids is 1. The van der Waals surface area contributed by atoms with Gasteiger partial charge >= 0.3 is 0 Å². The van der Waals surface area contributed by atoms with Crippen molar-refractivity contribution in [3.8, 4) is 11.1 Å². The van der Waals surface area contributed by atoms with Gasteiger partial charge in [-0.1, -0.05) is 30.3 Å². The van der Waals surface area contributed by atoms with Crippen molar-refractivity contribution < 1.29 is 17.6 Å². The molecule has 0 saturated carbocycles. The summed E-state index contributed by atoms with van der Waals surface area (Å²) in [7, 11) is -3.98. The Labute approximate surface area is 109 Å². The third-order valence-corrected chi connectivity index (χ3v) is 3.56. The normalized spacial score (nSPS) is 11.3. The molecule has 19 heavy (non-hydrogen) atoms. The first-order valence-corrected chi connectivity index (χ1v) is 6.78. The number of rotatable bonds is 3. The molecule has 0 amide bonds. The van der Waals surface area contributed by atoms with Gasteiger partial charge in [-0.05, 0) is 12.1 Å². The monoisotopic (exact) mass is 278 g/mol. The van der Waals surface area contributed by atoms with Crippen LogP contribution in [0.3, 0.4) is 0 Å². The Balaban J connectivity index is 2.77. The highest BCUT2D eigenvalue weighted by Crippen LogP contribution is 2.29. The van der Waals surface area contributed by atoms with E-state index in [9.17, 15) is 17.6 Å². The second kappa shape index (κ2) is 4.91. The van der Waals surface area contributed by atoms with Crippen molar-refractivity contribution in [3.05, 3.63) is 53.8 Å². The average molecular weight is 278 g/mol. The summed E-state index contributed by atoms with van der Waals surface area (Å²) < 4.78 is 37.0. The van der Waals surface area contributed by atoms with E-state index in [0.29, 0.717) is 0 Å². The number of halogens is 1. The van der Waals surface area contributed by atoms with E-state index in [1.54, 1.807) is 6.07 Å². The fourth-order valence-corrected chi connectivity index (χ4v) is 2.51. The van der Waals surface area contributed by atoms with Crippen LogP contribution in [-0.2, 0) is 14.8 Å². The van der Waals surface area contributed by atoms with E-state index in [-0.39, 0.29) is 21.6 Å². The second-order valence-corrected chi connectivity index (χ2v) is 5.34. The molecule has 2 aromatic carbocycles. The molecule has 1 radical (unpaired) electrons. The van der Waals surface area contributed by atoms with Crippen LogP contribution in [0.5, 0.6) is 0 Å². The van der Waals surface area contributed by atoms with E-state index in [1.165, 1.54) is 42.7 Å².